The van der Waals surface area contributed by atoms with E-state index in [0.717, 1.165) is 30.7 Å². The van der Waals surface area contributed by atoms with Crippen LogP contribution in [0.3, 0.4) is 0 Å². The lowest BCUT2D eigenvalue weighted by Gasteiger charge is -2.15. The number of H-pyrrole nitrogens is 1. The summed E-state index contributed by atoms with van der Waals surface area (Å²) >= 11 is 6.30. The van der Waals surface area contributed by atoms with Crippen molar-refractivity contribution in [2.45, 2.75) is 26.2 Å². The number of ether oxygens (including phenoxy) is 1. The van der Waals surface area contributed by atoms with Crippen molar-refractivity contribution >= 4 is 23.2 Å². The third-order valence-electron chi connectivity index (χ3n) is 4.19. The van der Waals surface area contributed by atoms with Gasteiger partial charge in [-0.2, -0.15) is 5.10 Å². The molecule has 1 aromatic carbocycles. The highest BCUT2D eigenvalue weighted by Crippen LogP contribution is 2.49. The molecule has 0 radical (unpaired) electrons. The Labute approximate surface area is 139 Å². The molecule has 2 N–H and O–H groups in total. The number of anilines is 1. The van der Waals surface area contributed by atoms with Gasteiger partial charge in [0.1, 0.15) is 5.82 Å². The van der Waals surface area contributed by atoms with Crippen LogP contribution >= 0.6 is 11.6 Å². The summed E-state index contributed by atoms with van der Waals surface area (Å²) in [6, 6.07) is 5.36. The first-order chi connectivity index (χ1) is 11.0. The van der Waals surface area contributed by atoms with E-state index in [0.29, 0.717) is 23.1 Å². The van der Waals surface area contributed by atoms with Crippen molar-refractivity contribution in [3.8, 4) is 11.4 Å². The molecular weight excluding hydrogens is 316 g/mol. The van der Waals surface area contributed by atoms with E-state index in [9.17, 15) is 4.79 Å². The molecule has 7 heteroatoms. The Morgan fingerprint density at radius 2 is 2.26 bits per heavy atom. The maximum atomic E-state index is 12.4. The second-order valence-corrected chi connectivity index (χ2v) is 6.32. The number of aromatic amines is 1. The molecule has 0 saturated heterocycles. The Morgan fingerprint density at radius 1 is 1.48 bits per heavy atom. The number of hydrogen-bond acceptors (Lipinski definition) is 4. The van der Waals surface area contributed by atoms with Crippen LogP contribution in [0.2, 0.25) is 5.02 Å². The number of amides is 1. The molecule has 0 aliphatic heterocycles. The fourth-order valence-corrected chi connectivity index (χ4v) is 2.81. The Kier molecular flexibility index (Phi) is 4.37. The number of hydrogen-bond donors (Lipinski definition) is 2. The van der Waals surface area contributed by atoms with Crippen LogP contribution in [-0.4, -0.2) is 34.8 Å². The average molecular weight is 335 g/mol. The first-order valence-corrected chi connectivity index (χ1v) is 7.91. The van der Waals surface area contributed by atoms with Crippen LogP contribution < -0.4 is 5.32 Å². The summed E-state index contributed by atoms with van der Waals surface area (Å²) in [6.07, 6.45) is 2.56. The molecule has 1 aromatic heterocycles. The minimum Gasteiger partial charge on any atom is -0.385 e. The van der Waals surface area contributed by atoms with Crippen molar-refractivity contribution in [3.05, 3.63) is 29.0 Å². The van der Waals surface area contributed by atoms with E-state index in [-0.39, 0.29) is 11.3 Å². The Morgan fingerprint density at radius 3 is 2.83 bits per heavy atom. The summed E-state index contributed by atoms with van der Waals surface area (Å²) in [5, 5.41) is 10.3. The number of carbonyl (C=O) groups is 1. The maximum absolute atomic E-state index is 12.4. The van der Waals surface area contributed by atoms with Crippen molar-refractivity contribution in [2.75, 3.05) is 19.0 Å². The molecule has 1 amide bonds. The summed E-state index contributed by atoms with van der Waals surface area (Å²) in [5.41, 5.74) is 1.14. The van der Waals surface area contributed by atoms with Crippen LogP contribution in [0.25, 0.3) is 11.4 Å². The molecule has 0 atom stereocenters. The van der Waals surface area contributed by atoms with Gasteiger partial charge < -0.3 is 10.1 Å². The van der Waals surface area contributed by atoms with E-state index in [1.165, 1.54) is 0 Å². The van der Waals surface area contributed by atoms with Crippen molar-refractivity contribution < 1.29 is 9.53 Å². The molecular formula is C16H19ClN4O2. The molecule has 23 heavy (non-hydrogen) atoms. The molecule has 0 spiro atoms. The first kappa shape index (κ1) is 16.0. The maximum Gasteiger partial charge on any atom is 0.230 e. The molecule has 1 heterocycles. The Balaban J connectivity index is 1.72. The van der Waals surface area contributed by atoms with Crippen LogP contribution in [0.1, 0.15) is 25.1 Å². The van der Waals surface area contributed by atoms with Gasteiger partial charge in [0.15, 0.2) is 5.82 Å². The van der Waals surface area contributed by atoms with E-state index >= 15 is 0 Å². The van der Waals surface area contributed by atoms with Crippen molar-refractivity contribution in [1.82, 2.24) is 15.2 Å². The summed E-state index contributed by atoms with van der Waals surface area (Å²) in [7, 11) is 1.65. The van der Waals surface area contributed by atoms with Crippen LogP contribution in [0.15, 0.2) is 18.2 Å². The van der Waals surface area contributed by atoms with Gasteiger partial charge in [0.05, 0.1) is 10.4 Å². The standard InChI is InChI=1S/C16H19ClN4O2/c1-10-18-14(21-20-10)12-4-3-11(9-13(12)17)19-15(22)16(5-6-16)7-8-23-2/h3-4,9H,5-8H2,1-2H3,(H,19,22)(H,18,20,21). The highest BCUT2D eigenvalue weighted by Gasteiger charge is 2.49. The topological polar surface area (TPSA) is 79.9 Å². The molecule has 3 rings (SSSR count). The second-order valence-electron chi connectivity index (χ2n) is 5.92. The SMILES string of the molecule is COCCC1(C(=O)Nc2ccc(-c3n[nH]c(C)n3)c(Cl)c2)CC1. The largest absolute Gasteiger partial charge is 0.385 e. The number of nitrogens with one attached hydrogen (secondary N) is 2. The molecule has 1 aliphatic carbocycles. The highest BCUT2D eigenvalue weighted by molar-refractivity contribution is 6.33. The van der Waals surface area contributed by atoms with Crippen molar-refractivity contribution in [1.29, 1.82) is 0 Å². The fourth-order valence-electron chi connectivity index (χ4n) is 2.54. The van der Waals surface area contributed by atoms with Crippen LogP contribution in [0.5, 0.6) is 0 Å². The zero-order chi connectivity index (χ0) is 16.4. The van der Waals surface area contributed by atoms with Gasteiger partial charge in [0, 0.05) is 25.0 Å². The van der Waals surface area contributed by atoms with E-state index < -0.39 is 0 Å². The van der Waals surface area contributed by atoms with Gasteiger partial charge in [-0.3, -0.25) is 9.89 Å². The lowest BCUT2D eigenvalue weighted by Crippen LogP contribution is -2.25. The van der Waals surface area contributed by atoms with E-state index in [2.05, 4.69) is 20.5 Å². The highest BCUT2D eigenvalue weighted by atomic mass is 35.5. The van der Waals surface area contributed by atoms with Crippen LogP contribution in [0, 0.1) is 12.3 Å². The van der Waals surface area contributed by atoms with E-state index in [1.807, 2.05) is 19.1 Å². The summed E-state index contributed by atoms with van der Waals surface area (Å²) in [5.74, 6) is 1.30. The van der Waals surface area contributed by atoms with Gasteiger partial charge in [-0.05, 0) is 44.4 Å². The average Bonchev–Trinajstić information content (AvgIpc) is 3.20. The fraction of sp³-hybridized carbons (Fsp3) is 0.438. The minimum atomic E-state index is -0.276. The third kappa shape index (κ3) is 3.38. The predicted molar refractivity (Wildman–Crippen MR) is 88.4 cm³/mol. The van der Waals surface area contributed by atoms with Gasteiger partial charge in [-0.25, -0.2) is 4.98 Å². The molecule has 6 nitrogen and oxygen atoms in total. The van der Waals surface area contributed by atoms with Gasteiger partial charge in [0.25, 0.3) is 0 Å². The number of carbonyl (C=O) groups excluding carboxylic acids is 1. The van der Waals surface area contributed by atoms with Gasteiger partial charge in [-0.1, -0.05) is 11.6 Å². The summed E-state index contributed by atoms with van der Waals surface area (Å²) in [6.45, 7) is 2.42. The number of methoxy groups -OCH3 is 1. The summed E-state index contributed by atoms with van der Waals surface area (Å²) < 4.78 is 5.09. The number of halogens is 1. The number of benzene rings is 1. The third-order valence-corrected chi connectivity index (χ3v) is 4.50. The van der Waals surface area contributed by atoms with Gasteiger partial charge in [0.2, 0.25) is 5.91 Å². The second kappa shape index (κ2) is 6.29. The lowest BCUT2D eigenvalue weighted by atomic mass is 10.0. The minimum absolute atomic E-state index is 0.0344. The molecule has 0 unspecified atom stereocenters. The zero-order valence-electron chi connectivity index (χ0n) is 13.1. The number of aryl methyl sites for hydroxylation is 1. The molecule has 1 fully saturated rings. The number of nitrogens with zero attached hydrogens (tertiary/aromatic N) is 2. The predicted octanol–water partition coefficient (Wildman–Crippen LogP) is 3.19. The van der Waals surface area contributed by atoms with Crippen LogP contribution in [-0.2, 0) is 9.53 Å². The van der Waals surface area contributed by atoms with E-state index in [1.54, 1.807) is 13.2 Å². The molecule has 0 bridgehead atoms. The van der Waals surface area contributed by atoms with Gasteiger partial charge in [-0.15, -0.1) is 0 Å². The number of aromatic nitrogens is 3. The monoisotopic (exact) mass is 334 g/mol. The zero-order valence-corrected chi connectivity index (χ0v) is 13.9. The smallest absolute Gasteiger partial charge is 0.230 e. The van der Waals surface area contributed by atoms with Crippen molar-refractivity contribution in [3.63, 3.8) is 0 Å². The molecule has 1 aliphatic rings. The molecule has 1 saturated carbocycles. The Bertz CT molecular complexity index is 725. The molecule has 122 valence electrons. The van der Waals surface area contributed by atoms with Crippen molar-refractivity contribution in [2.24, 2.45) is 5.41 Å². The lowest BCUT2D eigenvalue weighted by molar-refractivity contribution is -0.121. The quantitative estimate of drug-likeness (QED) is 0.850. The van der Waals surface area contributed by atoms with E-state index in [4.69, 9.17) is 16.3 Å². The first-order valence-electron chi connectivity index (χ1n) is 7.53. The summed E-state index contributed by atoms with van der Waals surface area (Å²) in [4.78, 5) is 16.7. The van der Waals surface area contributed by atoms with Crippen LogP contribution in [0.4, 0.5) is 5.69 Å². The van der Waals surface area contributed by atoms with Gasteiger partial charge >= 0.3 is 0 Å². The number of rotatable bonds is 6. The molecule has 2 aromatic rings. The normalized spacial score (nSPS) is 15.4. The Hall–Kier alpha value is -1.92.